The van der Waals surface area contributed by atoms with Gasteiger partial charge >= 0.3 is 12.1 Å². The molecule has 0 saturated heterocycles. The summed E-state index contributed by atoms with van der Waals surface area (Å²) < 4.78 is 5.17. The maximum absolute atomic E-state index is 12.1. The first kappa shape index (κ1) is 21.6. The van der Waals surface area contributed by atoms with Gasteiger partial charge in [-0.25, -0.2) is 4.79 Å². The maximum Gasteiger partial charge on any atom is 0.408 e. The van der Waals surface area contributed by atoms with Crippen molar-refractivity contribution in [3.05, 3.63) is 0 Å². The summed E-state index contributed by atoms with van der Waals surface area (Å²) in [5.74, 6) is -0.395. The van der Waals surface area contributed by atoms with Crippen LogP contribution in [0.3, 0.4) is 0 Å². The molecule has 23 heavy (non-hydrogen) atoms. The number of thioether (sulfide) groups is 1. The zero-order valence-electron chi connectivity index (χ0n) is 14.3. The van der Waals surface area contributed by atoms with Crippen LogP contribution >= 0.6 is 11.8 Å². The molecule has 0 fully saturated rings. The number of hydrogen-bond donors (Lipinski definition) is 3. The lowest BCUT2D eigenvalue weighted by Gasteiger charge is -2.23. The van der Waals surface area contributed by atoms with Crippen LogP contribution in [0.4, 0.5) is 4.79 Å². The SMILES string of the molecule is CSCC[C@H](NC(=O)OC(C)(C)C)C(=O)NCCCCC(=O)O. The van der Waals surface area contributed by atoms with Gasteiger partial charge in [0.15, 0.2) is 0 Å². The fraction of sp³-hybridized carbons (Fsp3) is 0.800. The average Bonchev–Trinajstić information content (AvgIpc) is 2.40. The van der Waals surface area contributed by atoms with E-state index < -0.39 is 23.7 Å². The minimum Gasteiger partial charge on any atom is -0.481 e. The molecule has 0 aromatic heterocycles. The molecule has 8 heteroatoms. The first-order valence-corrected chi connectivity index (χ1v) is 9.03. The summed E-state index contributed by atoms with van der Waals surface area (Å²) in [4.78, 5) is 34.3. The Bertz CT molecular complexity index is 396. The van der Waals surface area contributed by atoms with Crippen LogP contribution < -0.4 is 10.6 Å². The molecule has 0 unspecified atom stereocenters. The Labute approximate surface area is 141 Å². The Balaban J connectivity index is 4.32. The van der Waals surface area contributed by atoms with Crippen LogP contribution in [0.1, 0.15) is 46.5 Å². The number of nitrogens with one attached hydrogen (secondary N) is 2. The third kappa shape index (κ3) is 12.8. The van der Waals surface area contributed by atoms with Crippen molar-refractivity contribution in [2.75, 3.05) is 18.6 Å². The third-order valence-electron chi connectivity index (χ3n) is 2.73. The summed E-state index contributed by atoms with van der Waals surface area (Å²) in [6.45, 7) is 5.65. The minimum atomic E-state index is -0.847. The molecular weight excluding hydrogens is 320 g/mol. The number of unbranched alkanes of at least 4 members (excludes halogenated alkanes) is 1. The van der Waals surface area contributed by atoms with Gasteiger partial charge in [0.05, 0.1) is 0 Å². The smallest absolute Gasteiger partial charge is 0.408 e. The van der Waals surface area contributed by atoms with Crippen molar-refractivity contribution < 1.29 is 24.2 Å². The number of carboxylic acids is 1. The summed E-state index contributed by atoms with van der Waals surface area (Å²) in [7, 11) is 0. The van der Waals surface area contributed by atoms with E-state index in [1.54, 1.807) is 32.5 Å². The molecule has 0 radical (unpaired) electrons. The van der Waals surface area contributed by atoms with E-state index in [0.717, 1.165) is 5.75 Å². The van der Waals surface area contributed by atoms with E-state index in [4.69, 9.17) is 9.84 Å². The van der Waals surface area contributed by atoms with Crippen LogP contribution in [0, 0.1) is 0 Å². The number of hydrogen-bond acceptors (Lipinski definition) is 5. The monoisotopic (exact) mass is 348 g/mol. The molecule has 1 atom stereocenters. The average molecular weight is 348 g/mol. The van der Waals surface area contributed by atoms with Gasteiger partial charge in [-0.15, -0.1) is 0 Å². The van der Waals surface area contributed by atoms with Crippen molar-refractivity contribution in [2.24, 2.45) is 0 Å². The van der Waals surface area contributed by atoms with Crippen LogP contribution in [0.15, 0.2) is 0 Å². The Morgan fingerprint density at radius 3 is 2.39 bits per heavy atom. The standard InChI is InChI=1S/C15H28N2O5S/c1-15(2,3)22-14(21)17-11(8-10-23-4)13(20)16-9-6-5-7-12(18)19/h11H,5-10H2,1-4H3,(H,16,20)(H,17,21)(H,18,19)/t11-/m0/s1. The molecule has 0 spiro atoms. The Kier molecular flexibility index (Phi) is 10.5. The van der Waals surface area contributed by atoms with Gasteiger partial charge in [-0.05, 0) is 52.0 Å². The molecule has 0 aromatic carbocycles. The van der Waals surface area contributed by atoms with Gasteiger partial charge in [0.25, 0.3) is 0 Å². The highest BCUT2D eigenvalue weighted by Crippen LogP contribution is 2.08. The summed E-state index contributed by atoms with van der Waals surface area (Å²) in [5, 5.41) is 13.9. The fourth-order valence-corrected chi connectivity index (χ4v) is 2.16. The summed E-state index contributed by atoms with van der Waals surface area (Å²) in [5.41, 5.74) is -0.624. The summed E-state index contributed by atoms with van der Waals surface area (Å²) in [6, 6.07) is -0.656. The molecule has 7 nitrogen and oxygen atoms in total. The Morgan fingerprint density at radius 2 is 1.87 bits per heavy atom. The van der Waals surface area contributed by atoms with Crippen molar-refractivity contribution >= 4 is 29.7 Å². The zero-order valence-corrected chi connectivity index (χ0v) is 15.1. The highest BCUT2D eigenvalue weighted by atomic mass is 32.2. The Morgan fingerprint density at radius 1 is 1.22 bits per heavy atom. The quantitative estimate of drug-likeness (QED) is 0.522. The molecule has 0 aliphatic carbocycles. The van der Waals surface area contributed by atoms with Crippen molar-refractivity contribution in [1.29, 1.82) is 0 Å². The Hall–Kier alpha value is -1.44. The van der Waals surface area contributed by atoms with Gasteiger partial charge in [-0.2, -0.15) is 11.8 Å². The highest BCUT2D eigenvalue weighted by Gasteiger charge is 2.23. The van der Waals surface area contributed by atoms with E-state index >= 15 is 0 Å². The van der Waals surface area contributed by atoms with E-state index in [1.165, 1.54) is 0 Å². The summed E-state index contributed by atoms with van der Waals surface area (Å²) in [6.07, 6.45) is 2.98. The van der Waals surface area contributed by atoms with Gasteiger partial charge in [0.2, 0.25) is 5.91 Å². The van der Waals surface area contributed by atoms with Crippen molar-refractivity contribution in [2.45, 2.75) is 58.1 Å². The third-order valence-corrected chi connectivity index (χ3v) is 3.38. The maximum atomic E-state index is 12.1. The van der Waals surface area contributed by atoms with E-state index in [2.05, 4.69) is 10.6 Å². The van der Waals surface area contributed by atoms with Gasteiger partial charge in [0, 0.05) is 13.0 Å². The predicted octanol–water partition coefficient (Wildman–Crippen LogP) is 2.00. The van der Waals surface area contributed by atoms with Crippen molar-refractivity contribution in [1.82, 2.24) is 10.6 Å². The lowest BCUT2D eigenvalue weighted by Crippen LogP contribution is -2.48. The molecule has 134 valence electrons. The molecule has 0 heterocycles. The van der Waals surface area contributed by atoms with Crippen LogP contribution in [0.2, 0.25) is 0 Å². The number of aliphatic carboxylic acids is 1. The summed E-state index contributed by atoms with van der Waals surface area (Å²) >= 11 is 1.59. The topological polar surface area (TPSA) is 105 Å². The van der Waals surface area contributed by atoms with Gasteiger partial charge in [0.1, 0.15) is 11.6 Å². The molecular formula is C15H28N2O5S. The highest BCUT2D eigenvalue weighted by molar-refractivity contribution is 7.98. The largest absolute Gasteiger partial charge is 0.481 e. The number of rotatable bonds is 10. The lowest BCUT2D eigenvalue weighted by atomic mass is 10.2. The normalized spacial score (nSPS) is 12.3. The van der Waals surface area contributed by atoms with Gasteiger partial charge in [-0.3, -0.25) is 9.59 Å². The van der Waals surface area contributed by atoms with E-state index in [9.17, 15) is 14.4 Å². The van der Waals surface area contributed by atoms with Crippen LogP contribution in [-0.2, 0) is 14.3 Å². The lowest BCUT2D eigenvalue weighted by molar-refractivity contribution is -0.137. The first-order valence-electron chi connectivity index (χ1n) is 7.63. The van der Waals surface area contributed by atoms with E-state index in [1.807, 2.05) is 6.26 Å². The number of carbonyl (C=O) groups excluding carboxylic acids is 2. The van der Waals surface area contributed by atoms with Crippen LogP contribution in [0.25, 0.3) is 0 Å². The minimum absolute atomic E-state index is 0.0853. The molecule has 0 bridgehead atoms. The number of carboxylic acid groups (broad SMARTS) is 1. The zero-order chi connectivity index (χ0) is 17.9. The van der Waals surface area contributed by atoms with Crippen LogP contribution in [-0.4, -0.2) is 53.3 Å². The number of carbonyl (C=O) groups is 3. The molecule has 2 amide bonds. The molecule has 0 rings (SSSR count). The van der Waals surface area contributed by atoms with E-state index in [0.29, 0.717) is 25.8 Å². The molecule has 0 aromatic rings. The van der Waals surface area contributed by atoms with Crippen molar-refractivity contribution in [3.63, 3.8) is 0 Å². The molecule has 0 saturated carbocycles. The molecule has 0 aliphatic heterocycles. The molecule has 0 aliphatic rings. The molecule has 3 N–H and O–H groups in total. The van der Waals surface area contributed by atoms with Crippen LogP contribution in [0.5, 0.6) is 0 Å². The number of ether oxygens (including phenoxy) is 1. The van der Waals surface area contributed by atoms with E-state index in [-0.39, 0.29) is 12.3 Å². The van der Waals surface area contributed by atoms with Gasteiger partial charge in [-0.1, -0.05) is 0 Å². The van der Waals surface area contributed by atoms with Gasteiger partial charge < -0.3 is 20.5 Å². The predicted molar refractivity (Wildman–Crippen MR) is 90.7 cm³/mol. The second-order valence-corrected chi connectivity index (χ2v) is 7.11. The fourth-order valence-electron chi connectivity index (χ4n) is 1.69. The second kappa shape index (κ2) is 11.2. The van der Waals surface area contributed by atoms with Crippen molar-refractivity contribution in [3.8, 4) is 0 Å². The second-order valence-electron chi connectivity index (χ2n) is 6.12. The number of alkyl carbamates (subject to hydrolysis) is 1. The number of amides is 2. The first-order chi connectivity index (χ1) is 10.7.